The van der Waals surface area contributed by atoms with E-state index in [1.165, 1.54) is 0 Å². The number of nitrogens with zero attached hydrogens (tertiary/aromatic N) is 1. The first-order valence-electron chi connectivity index (χ1n) is 4.21. The van der Waals surface area contributed by atoms with Crippen LogP contribution in [0.3, 0.4) is 0 Å². The Morgan fingerprint density at radius 3 is 2.87 bits per heavy atom. The summed E-state index contributed by atoms with van der Waals surface area (Å²) < 4.78 is 0.810. The van der Waals surface area contributed by atoms with Crippen LogP contribution in [0.25, 0.3) is 11.3 Å². The van der Waals surface area contributed by atoms with Gasteiger partial charge >= 0.3 is 5.97 Å². The SMILES string of the molecule is O=C(O)c1cccc(-c2[nH]ncc2Br)c1. The van der Waals surface area contributed by atoms with Crippen LogP contribution in [0.15, 0.2) is 34.9 Å². The van der Waals surface area contributed by atoms with Crippen LogP contribution in [-0.4, -0.2) is 21.3 Å². The van der Waals surface area contributed by atoms with Gasteiger partial charge in [0.1, 0.15) is 0 Å². The molecule has 2 aromatic rings. The van der Waals surface area contributed by atoms with Crippen molar-refractivity contribution in [3.8, 4) is 11.3 Å². The van der Waals surface area contributed by atoms with Crippen LogP contribution in [0.5, 0.6) is 0 Å². The van der Waals surface area contributed by atoms with E-state index in [4.69, 9.17) is 5.11 Å². The van der Waals surface area contributed by atoms with Gasteiger partial charge in [-0.25, -0.2) is 4.79 Å². The molecule has 0 saturated carbocycles. The fourth-order valence-corrected chi connectivity index (χ4v) is 1.70. The number of benzene rings is 1. The summed E-state index contributed by atoms with van der Waals surface area (Å²) in [4.78, 5) is 10.8. The molecule has 4 nitrogen and oxygen atoms in total. The largest absolute Gasteiger partial charge is 0.478 e. The molecule has 2 rings (SSSR count). The molecule has 0 unspecified atom stereocenters. The van der Waals surface area contributed by atoms with Crippen molar-refractivity contribution < 1.29 is 9.90 Å². The third-order valence-electron chi connectivity index (χ3n) is 1.99. The molecule has 0 bridgehead atoms. The van der Waals surface area contributed by atoms with E-state index in [0.717, 1.165) is 15.7 Å². The molecule has 1 heterocycles. The maximum absolute atomic E-state index is 10.8. The Labute approximate surface area is 94.1 Å². The van der Waals surface area contributed by atoms with E-state index in [1.807, 2.05) is 6.07 Å². The lowest BCUT2D eigenvalue weighted by Crippen LogP contribution is -1.95. The summed E-state index contributed by atoms with van der Waals surface area (Å²) in [5.74, 6) is -0.938. The van der Waals surface area contributed by atoms with Crippen molar-refractivity contribution in [3.63, 3.8) is 0 Å². The quantitative estimate of drug-likeness (QED) is 0.878. The zero-order chi connectivity index (χ0) is 10.8. The number of halogens is 1. The van der Waals surface area contributed by atoms with Gasteiger partial charge in [-0.3, -0.25) is 5.10 Å². The molecule has 0 radical (unpaired) electrons. The van der Waals surface area contributed by atoms with E-state index in [0.29, 0.717) is 0 Å². The lowest BCUT2D eigenvalue weighted by Gasteiger charge is -2.00. The fourth-order valence-electron chi connectivity index (χ4n) is 1.28. The minimum absolute atomic E-state index is 0.258. The van der Waals surface area contributed by atoms with Gasteiger partial charge in [0.15, 0.2) is 0 Å². The van der Waals surface area contributed by atoms with Crippen LogP contribution in [0.1, 0.15) is 10.4 Å². The Kier molecular flexibility index (Phi) is 2.55. The van der Waals surface area contributed by atoms with Crippen LogP contribution in [0.4, 0.5) is 0 Å². The monoisotopic (exact) mass is 266 g/mol. The normalized spacial score (nSPS) is 10.2. The maximum Gasteiger partial charge on any atom is 0.335 e. The van der Waals surface area contributed by atoms with Gasteiger partial charge in [0.2, 0.25) is 0 Å². The van der Waals surface area contributed by atoms with E-state index in [2.05, 4.69) is 26.1 Å². The summed E-state index contributed by atoms with van der Waals surface area (Å²) >= 11 is 3.32. The molecule has 0 aliphatic heterocycles. The Balaban J connectivity index is 2.50. The van der Waals surface area contributed by atoms with Crippen LogP contribution in [0.2, 0.25) is 0 Å². The number of aromatic carboxylic acids is 1. The molecular formula is C10H7BrN2O2. The highest BCUT2D eigenvalue weighted by Crippen LogP contribution is 2.25. The van der Waals surface area contributed by atoms with E-state index < -0.39 is 5.97 Å². The van der Waals surface area contributed by atoms with E-state index in [-0.39, 0.29) is 5.56 Å². The van der Waals surface area contributed by atoms with Crippen LogP contribution in [0, 0.1) is 0 Å². The molecule has 0 aliphatic rings. The predicted octanol–water partition coefficient (Wildman–Crippen LogP) is 2.54. The number of rotatable bonds is 2. The van der Waals surface area contributed by atoms with Crippen molar-refractivity contribution in [1.82, 2.24) is 10.2 Å². The number of aromatic nitrogens is 2. The summed E-state index contributed by atoms with van der Waals surface area (Å²) in [7, 11) is 0. The third kappa shape index (κ3) is 1.92. The highest BCUT2D eigenvalue weighted by atomic mass is 79.9. The first-order chi connectivity index (χ1) is 7.18. The van der Waals surface area contributed by atoms with Gasteiger partial charge in [0.05, 0.1) is 21.9 Å². The molecule has 1 aromatic carbocycles. The van der Waals surface area contributed by atoms with Gasteiger partial charge in [-0.05, 0) is 28.1 Å². The second-order valence-electron chi connectivity index (χ2n) is 2.98. The molecule has 0 amide bonds. The number of hydrogen-bond donors (Lipinski definition) is 2. The van der Waals surface area contributed by atoms with Crippen molar-refractivity contribution in [1.29, 1.82) is 0 Å². The number of hydrogen-bond acceptors (Lipinski definition) is 2. The van der Waals surface area contributed by atoms with Crippen molar-refractivity contribution in [2.45, 2.75) is 0 Å². The number of carboxylic acids is 1. The highest BCUT2D eigenvalue weighted by Gasteiger charge is 2.08. The summed E-state index contributed by atoms with van der Waals surface area (Å²) in [5, 5.41) is 15.5. The average Bonchev–Trinajstić information content (AvgIpc) is 2.64. The van der Waals surface area contributed by atoms with Gasteiger partial charge in [0, 0.05) is 5.56 Å². The van der Waals surface area contributed by atoms with Crippen molar-refractivity contribution in [2.75, 3.05) is 0 Å². The standard InChI is InChI=1S/C10H7BrN2O2/c11-8-5-12-13-9(8)6-2-1-3-7(4-6)10(14)15/h1-5H,(H,12,13)(H,14,15). The van der Waals surface area contributed by atoms with Gasteiger partial charge in [-0.15, -0.1) is 0 Å². The number of carboxylic acid groups (broad SMARTS) is 1. The summed E-state index contributed by atoms with van der Waals surface area (Å²) in [5.41, 5.74) is 1.83. The summed E-state index contributed by atoms with van der Waals surface area (Å²) in [6.07, 6.45) is 1.63. The number of nitrogens with one attached hydrogen (secondary N) is 1. The minimum Gasteiger partial charge on any atom is -0.478 e. The van der Waals surface area contributed by atoms with Gasteiger partial charge < -0.3 is 5.11 Å². The zero-order valence-electron chi connectivity index (χ0n) is 7.57. The van der Waals surface area contributed by atoms with Crippen LogP contribution < -0.4 is 0 Å². The second kappa shape index (κ2) is 3.86. The molecule has 0 saturated heterocycles. The van der Waals surface area contributed by atoms with E-state index in [1.54, 1.807) is 24.4 Å². The van der Waals surface area contributed by atoms with E-state index >= 15 is 0 Å². The first kappa shape index (κ1) is 9.92. The average molecular weight is 267 g/mol. The number of aromatic amines is 1. The molecule has 15 heavy (non-hydrogen) atoms. The summed E-state index contributed by atoms with van der Waals surface area (Å²) in [6, 6.07) is 6.67. The molecule has 0 atom stereocenters. The lowest BCUT2D eigenvalue weighted by atomic mass is 10.1. The topological polar surface area (TPSA) is 66.0 Å². The van der Waals surface area contributed by atoms with Crippen molar-refractivity contribution >= 4 is 21.9 Å². The van der Waals surface area contributed by atoms with Crippen molar-refractivity contribution in [3.05, 3.63) is 40.5 Å². The van der Waals surface area contributed by atoms with Crippen LogP contribution in [-0.2, 0) is 0 Å². The molecule has 2 N–H and O–H groups in total. The van der Waals surface area contributed by atoms with Gasteiger partial charge in [-0.1, -0.05) is 12.1 Å². The Hall–Kier alpha value is -1.62. The van der Waals surface area contributed by atoms with Gasteiger partial charge in [-0.2, -0.15) is 5.10 Å². The zero-order valence-corrected chi connectivity index (χ0v) is 9.15. The fraction of sp³-hybridized carbons (Fsp3) is 0. The Morgan fingerprint density at radius 2 is 2.27 bits per heavy atom. The summed E-state index contributed by atoms with van der Waals surface area (Å²) in [6.45, 7) is 0. The first-order valence-corrected chi connectivity index (χ1v) is 5.00. The molecule has 5 heteroatoms. The van der Waals surface area contributed by atoms with Crippen LogP contribution >= 0.6 is 15.9 Å². The van der Waals surface area contributed by atoms with Gasteiger partial charge in [0.25, 0.3) is 0 Å². The minimum atomic E-state index is -0.938. The van der Waals surface area contributed by atoms with Crippen molar-refractivity contribution in [2.24, 2.45) is 0 Å². The molecule has 76 valence electrons. The Bertz CT molecular complexity index is 508. The predicted molar refractivity (Wildman–Crippen MR) is 58.7 cm³/mol. The molecule has 1 aromatic heterocycles. The molecular weight excluding hydrogens is 260 g/mol. The maximum atomic E-state index is 10.8. The smallest absolute Gasteiger partial charge is 0.335 e. The van der Waals surface area contributed by atoms with E-state index in [9.17, 15) is 4.79 Å². The lowest BCUT2D eigenvalue weighted by molar-refractivity contribution is 0.0697. The third-order valence-corrected chi connectivity index (χ3v) is 2.59. The highest BCUT2D eigenvalue weighted by molar-refractivity contribution is 9.10. The molecule has 0 fully saturated rings. The second-order valence-corrected chi connectivity index (χ2v) is 3.83. The molecule has 0 spiro atoms. The number of H-pyrrole nitrogens is 1. The Morgan fingerprint density at radius 1 is 1.47 bits per heavy atom. The molecule has 0 aliphatic carbocycles. The number of carbonyl (C=O) groups is 1.